The number of phenols is 1. The second kappa shape index (κ2) is 8.89. The largest absolute Gasteiger partial charge is 0.508 e. The van der Waals surface area contributed by atoms with Crippen molar-refractivity contribution < 1.29 is 24.3 Å². The Balaban J connectivity index is 1.50. The number of imide groups is 1. The third-order valence-corrected chi connectivity index (χ3v) is 9.07. The molecule has 2 aromatic rings. The lowest BCUT2D eigenvalue weighted by atomic mass is 9.59. The van der Waals surface area contributed by atoms with E-state index in [0.29, 0.717) is 28.3 Å². The van der Waals surface area contributed by atoms with Crippen molar-refractivity contribution in [2.75, 3.05) is 4.90 Å². The third kappa shape index (κ3) is 3.72. The molecule has 1 aliphatic heterocycles. The molecule has 186 valence electrons. The molecule has 37 heavy (non-hydrogen) atoms. The van der Waals surface area contributed by atoms with E-state index in [1.54, 1.807) is 36.4 Å². The monoisotopic (exact) mass is 641 g/mol. The van der Waals surface area contributed by atoms with Gasteiger partial charge >= 0.3 is 0 Å². The van der Waals surface area contributed by atoms with Gasteiger partial charge in [-0.2, -0.15) is 0 Å². The van der Waals surface area contributed by atoms with Crippen molar-refractivity contribution in [3.8, 4) is 5.75 Å². The summed E-state index contributed by atoms with van der Waals surface area (Å²) in [5.41, 5.74) is 2.22. The zero-order valence-electron chi connectivity index (χ0n) is 19.1. The molecule has 0 bridgehead atoms. The number of ketones is 2. The zero-order valence-corrected chi connectivity index (χ0v) is 23.0. The van der Waals surface area contributed by atoms with Crippen molar-refractivity contribution in [1.82, 2.24) is 0 Å². The lowest BCUT2D eigenvalue weighted by Crippen LogP contribution is -2.39. The summed E-state index contributed by atoms with van der Waals surface area (Å²) in [4.78, 5) is 55.1. The summed E-state index contributed by atoms with van der Waals surface area (Å²) in [6.45, 7) is 0. The first-order valence-electron chi connectivity index (χ1n) is 11.7. The molecule has 4 unspecified atom stereocenters. The molecule has 9 heteroatoms. The van der Waals surface area contributed by atoms with Crippen molar-refractivity contribution in [2.45, 2.75) is 18.8 Å². The molecule has 0 aromatic heterocycles. The Morgan fingerprint density at radius 3 is 2.41 bits per heavy atom. The smallest absolute Gasteiger partial charge is 0.238 e. The molecule has 1 heterocycles. The van der Waals surface area contributed by atoms with Crippen LogP contribution in [0.25, 0.3) is 0 Å². The number of Topliss-reactive ketones (excluding diaryl/α,β-unsaturated/α-hetero) is 1. The highest BCUT2D eigenvalue weighted by molar-refractivity contribution is 9.12. The summed E-state index contributed by atoms with van der Waals surface area (Å²) in [5, 5.41) is 11.2. The van der Waals surface area contributed by atoms with Crippen LogP contribution in [0.3, 0.4) is 0 Å². The quantitative estimate of drug-likeness (QED) is 0.255. The summed E-state index contributed by atoms with van der Waals surface area (Å²) in [5.74, 6) is -3.85. The van der Waals surface area contributed by atoms with E-state index in [0.717, 1.165) is 10.0 Å². The second-order valence-electron chi connectivity index (χ2n) is 9.59. The van der Waals surface area contributed by atoms with E-state index < -0.39 is 23.7 Å². The highest BCUT2D eigenvalue weighted by Crippen LogP contribution is 2.56. The molecule has 1 N–H and O–H groups in total. The summed E-state index contributed by atoms with van der Waals surface area (Å²) in [6, 6.07) is 11.5. The zero-order chi connectivity index (χ0) is 26.2. The van der Waals surface area contributed by atoms with Crippen LogP contribution in [0.15, 0.2) is 80.3 Å². The van der Waals surface area contributed by atoms with Crippen molar-refractivity contribution in [2.24, 2.45) is 17.8 Å². The van der Waals surface area contributed by atoms with Crippen LogP contribution in [-0.4, -0.2) is 28.5 Å². The van der Waals surface area contributed by atoms with E-state index in [4.69, 9.17) is 11.6 Å². The summed E-state index contributed by atoms with van der Waals surface area (Å²) < 4.78 is 0.974. The number of halogens is 3. The summed E-state index contributed by atoms with van der Waals surface area (Å²) in [7, 11) is 0. The fraction of sp³-hybridized carbons (Fsp3) is 0.214. The number of carbonyl (C=O) groups is 4. The van der Waals surface area contributed by atoms with E-state index in [2.05, 4.69) is 31.9 Å². The van der Waals surface area contributed by atoms with Crippen LogP contribution in [0.2, 0.25) is 5.02 Å². The van der Waals surface area contributed by atoms with Gasteiger partial charge in [-0.15, -0.1) is 0 Å². The van der Waals surface area contributed by atoms with Gasteiger partial charge in [0.2, 0.25) is 11.8 Å². The molecule has 3 aliphatic carbocycles. The number of aromatic hydroxyl groups is 1. The van der Waals surface area contributed by atoms with Gasteiger partial charge in [0, 0.05) is 38.2 Å². The molecule has 2 amide bonds. The van der Waals surface area contributed by atoms with Crippen molar-refractivity contribution in [3.05, 3.63) is 90.9 Å². The molecule has 0 radical (unpaired) electrons. The van der Waals surface area contributed by atoms with Gasteiger partial charge in [-0.25, -0.2) is 0 Å². The topological polar surface area (TPSA) is 91.8 Å². The highest BCUT2D eigenvalue weighted by Gasteiger charge is 2.56. The highest BCUT2D eigenvalue weighted by atomic mass is 79.9. The minimum absolute atomic E-state index is 0.0656. The van der Waals surface area contributed by atoms with E-state index in [1.807, 2.05) is 6.08 Å². The normalized spacial score (nSPS) is 27.1. The number of anilines is 1. The van der Waals surface area contributed by atoms with Gasteiger partial charge in [-0.3, -0.25) is 24.1 Å². The maximum absolute atomic E-state index is 13.8. The molecule has 2 aromatic carbocycles. The Morgan fingerprint density at radius 2 is 1.68 bits per heavy atom. The fourth-order valence-electron chi connectivity index (χ4n) is 6.16. The lowest BCUT2D eigenvalue weighted by Gasteiger charge is -2.42. The van der Waals surface area contributed by atoms with Crippen LogP contribution in [0.5, 0.6) is 5.75 Å². The van der Waals surface area contributed by atoms with E-state index in [1.165, 1.54) is 17.0 Å². The van der Waals surface area contributed by atoms with Gasteiger partial charge in [0.15, 0.2) is 11.6 Å². The number of phenolic OH excluding ortho intramolecular Hbond substituents is 1. The first-order chi connectivity index (χ1) is 17.7. The average Bonchev–Trinajstić information content (AvgIpc) is 3.13. The molecule has 1 saturated heterocycles. The predicted molar refractivity (Wildman–Crippen MR) is 144 cm³/mol. The maximum Gasteiger partial charge on any atom is 0.238 e. The standard InChI is InChI=1S/C28H18Br2ClNO5/c29-12-1-4-14(5-2-12)32-27(36)16-7-6-15-17(24(16)28(32)37)10-19-25(22(34)11-20(30)26(19)35)23(15)18-9-13(31)3-8-21(18)33/h1-6,8-9,11,16-17,23-24,33H,7,10H2. The Morgan fingerprint density at radius 1 is 0.946 bits per heavy atom. The van der Waals surface area contributed by atoms with Crippen LogP contribution in [0, 0.1) is 17.8 Å². The fourth-order valence-corrected chi connectivity index (χ4v) is 7.06. The van der Waals surface area contributed by atoms with Gasteiger partial charge in [-0.05, 0) is 77.2 Å². The summed E-state index contributed by atoms with van der Waals surface area (Å²) >= 11 is 12.9. The van der Waals surface area contributed by atoms with Crippen LogP contribution >= 0.6 is 43.5 Å². The van der Waals surface area contributed by atoms with E-state index in [9.17, 15) is 24.3 Å². The van der Waals surface area contributed by atoms with Crippen LogP contribution in [0.4, 0.5) is 5.69 Å². The number of hydrogen-bond donors (Lipinski definition) is 1. The molecule has 0 spiro atoms. The van der Waals surface area contributed by atoms with Gasteiger partial charge in [0.1, 0.15) is 5.75 Å². The molecule has 0 saturated carbocycles. The number of fused-ring (bicyclic) bond motifs is 3. The molecule has 6 rings (SSSR count). The predicted octanol–water partition coefficient (Wildman–Crippen LogP) is 5.77. The number of carbonyl (C=O) groups excluding carboxylic acids is 4. The Kier molecular flexibility index (Phi) is 5.89. The molecular weight excluding hydrogens is 626 g/mol. The van der Waals surface area contributed by atoms with Crippen LogP contribution in [0.1, 0.15) is 24.3 Å². The van der Waals surface area contributed by atoms with Crippen LogP contribution in [-0.2, 0) is 19.2 Å². The third-order valence-electron chi connectivity index (χ3n) is 7.72. The van der Waals surface area contributed by atoms with Crippen LogP contribution < -0.4 is 4.90 Å². The average molecular weight is 644 g/mol. The molecule has 1 fully saturated rings. The number of hydrogen-bond acceptors (Lipinski definition) is 5. The van der Waals surface area contributed by atoms with Gasteiger partial charge in [0.05, 0.1) is 22.0 Å². The second-order valence-corrected chi connectivity index (χ2v) is 11.8. The molecular formula is C28H18Br2ClNO5. The Bertz CT molecular complexity index is 1520. The number of allylic oxidation sites excluding steroid dienone is 6. The van der Waals surface area contributed by atoms with Crippen molar-refractivity contribution in [1.29, 1.82) is 0 Å². The number of rotatable bonds is 2. The lowest BCUT2D eigenvalue weighted by molar-refractivity contribution is -0.123. The molecule has 4 aliphatic rings. The first-order valence-corrected chi connectivity index (χ1v) is 13.6. The Hall–Kier alpha value is -2.81. The van der Waals surface area contributed by atoms with E-state index >= 15 is 0 Å². The number of benzene rings is 2. The minimum atomic E-state index is -0.758. The SMILES string of the molecule is O=C1C=C(Br)C(=O)C2=C1C(c1cc(Cl)ccc1O)C1=CCC3C(=O)N(c4ccc(Br)cc4)C(=O)C3C1C2. The molecule has 6 nitrogen and oxygen atoms in total. The van der Waals surface area contributed by atoms with Crippen molar-refractivity contribution >= 4 is 72.5 Å². The summed E-state index contributed by atoms with van der Waals surface area (Å²) in [6.07, 6.45) is 3.63. The van der Waals surface area contributed by atoms with Gasteiger partial charge in [-0.1, -0.05) is 39.2 Å². The first kappa shape index (κ1) is 24.5. The van der Waals surface area contributed by atoms with Gasteiger partial charge < -0.3 is 5.11 Å². The molecule has 4 atom stereocenters. The van der Waals surface area contributed by atoms with E-state index in [-0.39, 0.29) is 45.6 Å². The van der Waals surface area contributed by atoms with Crippen molar-refractivity contribution in [3.63, 3.8) is 0 Å². The number of nitrogens with zero attached hydrogens (tertiary/aromatic N) is 1. The Labute approximate surface area is 233 Å². The minimum Gasteiger partial charge on any atom is -0.508 e. The maximum atomic E-state index is 13.8. The number of amides is 2. The van der Waals surface area contributed by atoms with Gasteiger partial charge in [0.25, 0.3) is 0 Å².